The number of nitrogens with zero attached hydrogens (tertiary/aromatic N) is 1. The first-order chi connectivity index (χ1) is 8.66. The van der Waals surface area contributed by atoms with Crippen molar-refractivity contribution < 1.29 is 9.84 Å². The zero-order valence-corrected chi connectivity index (χ0v) is 11.0. The Morgan fingerprint density at radius 1 is 1.28 bits per heavy atom. The van der Waals surface area contributed by atoms with Gasteiger partial charge in [-0.05, 0) is 50.5 Å². The summed E-state index contributed by atoms with van der Waals surface area (Å²) in [4.78, 5) is 4.18. The van der Waals surface area contributed by atoms with E-state index in [1.807, 2.05) is 19.9 Å². The lowest BCUT2D eigenvalue weighted by atomic mass is 10.0. The molecule has 2 fully saturated rings. The number of rotatable bonds is 4. The van der Waals surface area contributed by atoms with Gasteiger partial charge in [0, 0.05) is 11.8 Å². The molecule has 2 aliphatic rings. The third-order valence-corrected chi connectivity index (χ3v) is 4.28. The second kappa shape index (κ2) is 4.54. The van der Waals surface area contributed by atoms with Gasteiger partial charge in [0.15, 0.2) is 0 Å². The lowest BCUT2D eigenvalue weighted by molar-refractivity contribution is 0.136. The predicted octanol–water partition coefficient (Wildman–Crippen LogP) is 2.95. The molecule has 1 aromatic rings. The molecule has 1 aromatic heterocycles. The van der Waals surface area contributed by atoms with Crippen molar-refractivity contribution in [1.29, 1.82) is 0 Å². The van der Waals surface area contributed by atoms with Crippen LogP contribution in [-0.2, 0) is 0 Å². The summed E-state index contributed by atoms with van der Waals surface area (Å²) in [5.74, 6) is 2.74. The third-order valence-electron chi connectivity index (χ3n) is 4.28. The summed E-state index contributed by atoms with van der Waals surface area (Å²) in [6.45, 7) is 3.99. The third kappa shape index (κ3) is 2.12. The first-order valence-electron chi connectivity index (χ1n) is 6.96. The lowest BCUT2D eigenvalue weighted by Gasteiger charge is -2.15. The van der Waals surface area contributed by atoms with Gasteiger partial charge in [0.25, 0.3) is 0 Å². The van der Waals surface area contributed by atoms with Gasteiger partial charge < -0.3 is 9.84 Å². The highest BCUT2D eigenvalue weighted by atomic mass is 16.5. The summed E-state index contributed by atoms with van der Waals surface area (Å²) in [5.41, 5.74) is 0.910. The molecular weight excluding hydrogens is 226 g/mol. The molecule has 0 aromatic carbocycles. The first kappa shape index (κ1) is 12.0. The summed E-state index contributed by atoms with van der Waals surface area (Å²) in [6.07, 6.45) is 7.19. The molecule has 3 nitrogen and oxygen atoms in total. The van der Waals surface area contributed by atoms with Crippen LogP contribution in [0.25, 0.3) is 0 Å². The molecule has 3 heteroatoms. The zero-order chi connectivity index (χ0) is 12.7. The van der Waals surface area contributed by atoms with Gasteiger partial charge in [0.2, 0.25) is 0 Å². The monoisotopic (exact) mass is 247 g/mol. The van der Waals surface area contributed by atoms with Crippen LogP contribution < -0.4 is 4.74 Å². The second-order valence-corrected chi connectivity index (χ2v) is 5.90. The number of hydrogen-bond donors (Lipinski definition) is 1. The summed E-state index contributed by atoms with van der Waals surface area (Å²) in [5, 5.41) is 10.4. The Morgan fingerprint density at radius 2 is 2.00 bits per heavy atom. The minimum absolute atomic E-state index is 0.138. The molecule has 3 unspecified atom stereocenters. The maximum atomic E-state index is 10.4. The normalized spacial score (nSPS) is 31.2. The highest BCUT2D eigenvalue weighted by Gasteiger charge is 2.55. The summed E-state index contributed by atoms with van der Waals surface area (Å²) >= 11 is 0. The molecule has 0 bridgehead atoms. The van der Waals surface area contributed by atoms with Crippen LogP contribution in [0.15, 0.2) is 18.5 Å². The van der Waals surface area contributed by atoms with E-state index >= 15 is 0 Å². The van der Waals surface area contributed by atoms with Gasteiger partial charge in [-0.1, -0.05) is 6.42 Å². The SMILES string of the molecule is CC(C)Oc1cncc(C(O)C2C3CCCC32)c1. The van der Waals surface area contributed by atoms with Crippen molar-refractivity contribution in [1.82, 2.24) is 4.98 Å². The Morgan fingerprint density at radius 3 is 2.67 bits per heavy atom. The van der Waals surface area contributed by atoms with E-state index in [0.29, 0.717) is 5.92 Å². The van der Waals surface area contributed by atoms with Crippen molar-refractivity contribution >= 4 is 0 Å². The highest BCUT2D eigenvalue weighted by molar-refractivity contribution is 5.27. The van der Waals surface area contributed by atoms with E-state index in [0.717, 1.165) is 23.1 Å². The van der Waals surface area contributed by atoms with Crippen LogP contribution in [0.1, 0.15) is 44.8 Å². The Hall–Kier alpha value is -1.09. The number of aliphatic hydroxyl groups is 1. The van der Waals surface area contributed by atoms with Crippen molar-refractivity contribution in [3.05, 3.63) is 24.0 Å². The number of hydrogen-bond acceptors (Lipinski definition) is 3. The van der Waals surface area contributed by atoms with Crippen LogP contribution in [-0.4, -0.2) is 16.2 Å². The van der Waals surface area contributed by atoms with Crippen LogP contribution in [0.5, 0.6) is 5.75 Å². The zero-order valence-electron chi connectivity index (χ0n) is 11.0. The molecular formula is C15H21NO2. The van der Waals surface area contributed by atoms with E-state index in [1.165, 1.54) is 19.3 Å². The molecule has 0 spiro atoms. The molecule has 0 aliphatic heterocycles. The van der Waals surface area contributed by atoms with E-state index in [9.17, 15) is 5.11 Å². The molecule has 3 atom stereocenters. The van der Waals surface area contributed by atoms with Gasteiger partial charge in [-0.3, -0.25) is 4.98 Å². The standard InChI is InChI=1S/C15H21NO2/c1-9(2)18-11-6-10(7-16-8-11)15(17)14-12-4-3-5-13(12)14/h6-9,12-15,17H,3-5H2,1-2H3. The fraction of sp³-hybridized carbons (Fsp3) is 0.667. The van der Waals surface area contributed by atoms with Crippen LogP contribution in [0.2, 0.25) is 0 Å². The van der Waals surface area contributed by atoms with E-state index in [4.69, 9.17) is 4.74 Å². The van der Waals surface area contributed by atoms with Gasteiger partial charge in [0.1, 0.15) is 5.75 Å². The molecule has 0 amide bonds. The minimum Gasteiger partial charge on any atom is -0.489 e. The molecule has 1 heterocycles. The van der Waals surface area contributed by atoms with Crippen LogP contribution >= 0.6 is 0 Å². The number of fused-ring (bicyclic) bond motifs is 1. The summed E-state index contributed by atoms with van der Waals surface area (Å²) in [6, 6.07) is 1.94. The number of aliphatic hydroxyl groups excluding tert-OH is 1. The summed E-state index contributed by atoms with van der Waals surface area (Å²) in [7, 11) is 0. The van der Waals surface area contributed by atoms with Gasteiger partial charge in [0.05, 0.1) is 18.4 Å². The quantitative estimate of drug-likeness (QED) is 0.889. The Kier molecular flexibility index (Phi) is 3.02. The van der Waals surface area contributed by atoms with Crippen molar-refractivity contribution in [2.45, 2.75) is 45.3 Å². The van der Waals surface area contributed by atoms with Crippen LogP contribution in [0.3, 0.4) is 0 Å². The minimum atomic E-state index is -0.358. The maximum Gasteiger partial charge on any atom is 0.138 e. The van der Waals surface area contributed by atoms with Gasteiger partial charge in [-0.15, -0.1) is 0 Å². The number of ether oxygens (including phenoxy) is 1. The number of pyridine rings is 1. The van der Waals surface area contributed by atoms with E-state index in [2.05, 4.69) is 4.98 Å². The maximum absolute atomic E-state index is 10.4. The molecule has 2 aliphatic carbocycles. The first-order valence-corrected chi connectivity index (χ1v) is 6.96. The topological polar surface area (TPSA) is 42.4 Å². The Labute approximate surface area is 108 Å². The molecule has 1 N–H and O–H groups in total. The molecule has 98 valence electrons. The van der Waals surface area contributed by atoms with Gasteiger partial charge in [-0.2, -0.15) is 0 Å². The van der Waals surface area contributed by atoms with Crippen molar-refractivity contribution in [2.75, 3.05) is 0 Å². The van der Waals surface area contributed by atoms with Crippen LogP contribution in [0.4, 0.5) is 0 Å². The average molecular weight is 247 g/mol. The van der Waals surface area contributed by atoms with E-state index < -0.39 is 0 Å². The molecule has 3 rings (SSSR count). The van der Waals surface area contributed by atoms with Crippen LogP contribution in [0, 0.1) is 17.8 Å². The van der Waals surface area contributed by atoms with E-state index in [1.54, 1.807) is 12.4 Å². The summed E-state index contributed by atoms with van der Waals surface area (Å²) < 4.78 is 5.63. The molecule has 18 heavy (non-hydrogen) atoms. The van der Waals surface area contributed by atoms with Gasteiger partial charge >= 0.3 is 0 Å². The number of aromatic nitrogens is 1. The molecule has 0 saturated heterocycles. The van der Waals surface area contributed by atoms with Crippen molar-refractivity contribution in [3.63, 3.8) is 0 Å². The fourth-order valence-electron chi connectivity index (χ4n) is 3.50. The molecule has 2 saturated carbocycles. The largest absolute Gasteiger partial charge is 0.489 e. The fourth-order valence-corrected chi connectivity index (χ4v) is 3.50. The second-order valence-electron chi connectivity index (χ2n) is 5.90. The van der Waals surface area contributed by atoms with Crippen molar-refractivity contribution in [2.24, 2.45) is 17.8 Å². The smallest absolute Gasteiger partial charge is 0.138 e. The Bertz CT molecular complexity index is 422. The lowest BCUT2D eigenvalue weighted by Crippen LogP contribution is -2.08. The predicted molar refractivity (Wildman–Crippen MR) is 69.3 cm³/mol. The molecule has 0 radical (unpaired) electrons. The highest BCUT2D eigenvalue weighted by Crippen LogP contribution is 2.62. The van der Waals surface area contributed by atoms with E-state index in [-0.39, 0.29) is 12.2 Å². The Balaban J connectivity index is 1.72. The average Bonchev–Trinajstić information content (AvgIpc) is 2.80. The van der Waals surface area contributed by atoms with Gasteiger partial charge in [-0.25, -0.2) is 0 Å². The van der Waals surface area contributed by atoms with Crippen molar-refractivity contribution in [3.8, 4) is 5.75 Å².